The fourth-order valence-corrected chi connectivity index (χ4v) is 4.26. The summed E-state index contributed by atoms with van der Waals surface area (Å²) < 4.78 is 19.3. The number of likely N-dealkylation sites (tertiary alicyclic amines) is 1. The number of rotatable bonds is 7. The summed E-state index contributed by atoms with van der Waals surface area (Å²) in [6, 6.07) is 5.90. The molecular weight excluding hydrogens is 373 g/mol. The number of hydrogen-bond acceptors (Lipinski definition) is 4. The van der Waals surface area contributed by atoms with Crippen LogP contribution in [-0.4, -0.2) is 73.6 Å². The molecule has 158 valence electrons. The van der Waals surface area contributed by atoms with Crippen LogP contribution in [0.5, 0.6) is 0 Å². The highest BCUT2D eigenvalue weighted by Gasteiger charge is 2.31. The lowest BCUT2D eigenvalue weighted by molar-refractivity contribution is -0.149. The topological polar surface area (TPSA) is 61.9 Å². The molecule has 1 N–H and O–H groups in total. The predicted octanol–water partition coefficient (Wildman–Crippen LogP) is 1.90. The highest BCUT2D eigenvalue weighted by molar-refractivity contribution is 5.94. The van der Waals surface area contributed by atoms with Crippen molar-refractivity contribution >= 4 is 11.8 Å². The monoisotopic (exact) mass is 403 g/mol. The second kappa shape index (κ2) is 9.22. The number of ether oxygens (including phenoxy) is 1. The van der Waals surface area contributed by atoms with Crippen LogP contribution < -0.4 is 5.32 Å². The molecule has 3 fully saturated rings. The Balaban J connectivity index is 1.22. The van der Waals surface area contributed by atoms with Crippen LogP contribution in [0.4, 0.5) is 4.39 Å². The highest BCUT2D eigenvalue weighted by Crippen LogP contribution is 2.31. The molecule has 2 heterocycles. The number of piperidine rings is 1. The molecule has 2 amide bonds. The van der Waals surface area contributed by atoms with Gasteiger partial charge in [-0.25, -0.2) is 4.39 Å². The molecule has 6 nitrogen and oxygen atoms in total. The van der Waals surface area contributed by atoms with Gasteiger partial charge in [-0.2, -0.15) is 0 Å². The standard InChI is InChI=1S/C22H30FN3O3/c23-20-4-2-1-3-19(20)22(28)24-11-18-14-26(21(27)15-29-18)13-17-7-9-25(10-8-17)12-16-5-6-16/h1-4,16-18H,5-15H2,(H,24,28). The largest absolute Gasteiger partial charge is 0.365 e. The van der Waals surface area contributed by atoms with E-state index in [9.17, 15) is 14.0 Å². The fraction of sp³-hybridized carbons (Fsp3) is 0.636. The van der Waals surface area contributed by atoms with Crippen molar-refractivity contribution in [3.8, 4) is 0 Å². The van der Waals surface area contributed by atoms with Crippen LogP contribution in [0.1, 0.15) is 36.0 Å². The molecule has 3 aliphatic rings. The van der Waals surface area contributed by atoms with Gasteiger partial charge in [0, 0.05) is 26.2 Å². The zero-order chi connectivity index (χ0) is 20.2. The number of carbonyl (C=O) groups is 2. The third-order valence-corrected chi connectivity index (χ3v) is 6.23. The maximum Gasteiger partial charge on any atom is 0.254 e. The summed E-state index contributed by atoms with van der Waals surface area (Å²) in [6.07, 6.45) is 4.77. The first-order valence-electron chi connectivity index (χ1n) is 10.7. The summed E-state index contributed by atoms with van der Waals surface area (Å²) in [5, 5.41) is 2.73. The first-order chi connectivity index (χ1) is 14.1. The van der Waals surface area contributed by atoms with Crippen molar-refractivity contribution in [2.75, 3.05) is 45.9 Å². The van der Waals surface area contributed by atoms with Crippen LogP contribution in [0.3, 0.4) is 0 Å². The van der Waals surface area contributed by atoms with Gasteiger partial charge in [0.05, 0.1) is 11.7 Å². The summed E-state index contributed by atoms with van der Waals surface area (Å²) >= 11 is 0. The molecule has 29 heavy (non-hydrogen) atoms. The maximum absolute atomic E-state index is 13.7. The highest BCUT2D eigenvalue weighted by atomic mass is 19.1. The second-order valence-corrected chi connectivity index (χ2v) is 8.61. The van der Waals surface area contributed by atoms with Crippen LogP contribution in [0.2, 0.25) is 0 Å². The maximum atomic E-state index is 13.7. The molecule has 4 rings (SSSR count). The summed E-state index contributed by atoms with van der Waals surface area (Å²) in [5.41, 5.74) is 0.0224. The van der Waals surface area contributed by atoms with E-state index in [1.807, 2.05) is 4.90 Å². The molecule has 2 saturated heterocycles. The first-order valence-corrected chi connectivity index (χ1v) is 10.7. The minimum Gasteiger partial charge on any atom is -0.365 e. The number of amides is 2. The summed E-state index contributed by atoms with van der Waals surface area (Å²) in [7, 11) is 0. The molecule has 1 aliphatic carbocycles. The zero-order valence-electron chi connectivity index (χ0n) is 16.8. The van der Waals surface area contributed by atoms with Gasteiger partial charge in [-0.3, -0.25) is 9.59 Å². The zero-order valence-corrected chi connectivity index (χ0v) is 16.8. The van der Waals surface area contributed by atoms with Crippen LogP contribution in [-0.2, 0) is 9.53 Å². The van der Waals surface area contributed by atoms with Gasteiger partial charge in [0.2, 0.25) is 5.91 Å². The van der Waals surface area contributed by atoms with E-state index in [1.54, 1.807) is 12.1 Å². The van der Waals surface area contributed by atoms with Crippen molar-refractivity contribution in [3.05, 3.63) is 35.6 Å². The van der Waals surface area contributed by atoms with Gasteiger partial charge in [-0.1, -0.05) is 12.1 Å². The Hall–Kier alpha value is -1.99. The average Bonchev–Trinajstić information content (AvgIpc) is 3.54. The van der Waals surface area contributed by atoms with Crippen molar-refractivity contribution in [1.29, 1.82) is 0 Å². The number of benzene rings is 1. The molecule has 1 aromatic rings. The minimum absolute atomic E-state index is 0.0158. The lowest BCUT2D eigenvalue weighted by atomic mass is 9.95. The number of halogens is 1. The third kappa shape index (κ3) is 5.54. The van der Waals surface area contributed by atoms with Crippen molar-refractivity contribution in [2.24, 2.45) is 11.8 Å². The summed E-state index contributed by atoms with van der Waals surface area (Å²) in [4.78, 5) is 28.9. The Kier molecular flexibility index (Phi) is 6.45. The van der Waals surface area contributed by atoms with Crippen molar-refractivity contribution < 1.29 is 18.7 Å². The van der Waals surface area contributed by atoms with Gasteiger partial charge < -0.3 is 19.9 Å². The van der Waals surface area contributed by atoms with Gasteiger partial charge in [0.15, 0.2) is 0 Å². The molecule has 0 radical (unpaired) electrons. The average molecular weight is 403 g/mol. The molecule has 1 unspecified atom stereocenters. The number of hydrogen-bond donors (Lipinski definition) is 1. The number of carbonyl (C=O) groups excluding carboxylic acids is 2. The SMILES string of the molecule is O=C(NCC1CN(CC2CCN(CC3CC3)CC2)C(=O)CO1)c1ccccc1F. The lowest BCUT2D eigenvalue weighted by Gasteiger charge is -2.38. The number of nitrogens with one attached hydrogen (secondary N) is 1. The van der Waals surface area contributed by atoms with Gasteiger partial charge in [0.25, 0.3) is 5.91 Å². The number of morpholine rings is 1. The Morgan fingerprint density at radius 1 is 1.10 bits per heavy atom. The van der Waals surface area contributed by atoms with E-state index in [4.69, 9.17) is 4.74 Å². The van der Waals surface area contributed by atoms with Crippen LogP contribution in [0.25, 0.3) is 0 Å². The van der Waals surface area contributed by atoms with E-state index >= 15 is 0 Å². The van der Waals surface area contributed by atoms with E-state index in [1.165, 1.54) is 31.5 Å². The van der Waals surface area contributed by atoms with Crippen LogP contribution >= 0.6 is 0 Å². The van der Waals surface area contributed by atoms with E-state index < -0.39 is 11.7 Å². The van der Waals surface area contributed by atoms with Gasteiger partial charge in [-0.15, -0.1) is 0 Å². The Labute approximate surface area is 171 Å². The minimum atomic E-state index is -0.542. The van der Waals surface area contributed by atoms with E-state index in [0.29, 0.717) is 12.5 Å². The quantitative estimate of drug-likeness (QED) is 0.756. The van der Waals surface area contributed by atoms with Crippen molar-refractivity contribution in [2.45, 2.75) is 31.8 Å². The van der Waals surface area contributed by atoms with Gasteiger partial charge in [0.1, 0.15) is 12.4 Å². The van der Waals surface area contributed by atoms with Gasteiger partial charge >= 0.3 is 0 Å². The Morgan fingerprint density at radius 2 is 1.83 bits per heavy atom. The number of nitrogens with zero attached hydrogens (tertiary/aromatic N) is 2. The molecule has 1 aromatic carbocycles. The molecule has 1 atom stereocenters. The van der Waals surface area contributed by atoms with E-state index in [0.717, 1.165) is 38.4 Å². The second-order valence-electron chi connectivity index (χ2n) is 8.61. The summed E-state index contributed by atoms with van der Waals surface area (Å²) in [5.74, 6) is 0.466. The molecule has 1 saturated carbocycles. The third-order valence-electron chi connectivity index (χ3n) is 6.23. The molecule has 0 spiro atoms. The molecule has 7 heteroatoms. The fourth-order valence-electron chi connectivity index (χ4n) is 4.26. The molecular formula is C22H30FN3O3. The van der Waals surface area contributed by atoms with Crippen LogP contribution in [0, 0.1) is 17.7 Å². The van der Waals surface area contributed by atoms with E-state index in [-0.39, 0.29) is 30.7 Å². The first kappa shape index (κ1) is 20.3. The van der Waals surface area contributed by atoms with E-state index in [2.05, 4.69) is 10.2 Å². The normalized spacial score (nSPS) is 24.0. The smallest absolute Gasteiger partial charge is 0.254 e. The molecule has 0 bridgehead atoms. The van der Waals surface area contributed by atoms with Crippen LogP contribution in [0.15, 0.2) is 24.3 Å². The van der Waals surface area contributed by atoms with Crippen molar-refractivity contribution in [3.63, 3.8) is 0 Å². The molecule has 0 aromatic heterocycles. The van der Waals surface area contributed by atoms with Crippen molar-refractivity contribution in [1.82, 2.24) is 15.1 Å². The van der Waals surface area contributed by atoms with Gasteiger partial charge in [-0.05, 0) is 62.7 Å². The molecule has 2 aliphatic heterocycles. The summed E-state index contributed by atoms with van der Waals surface area (Å²) in [6.45, 7) is 5.03. The predicted molar refractivity (Wildman–Crippen MR) is 107 cm³/mol. The Morgan fingerprint density at radius 3 is 2.55 bits per heavy atom. The Bertz CT molecular complexity index is 732. The lowest BCUT2D eigenvalue weighted by Crippen LogP contribution is -2.52.